The zero-order chi connectivity index (χ0) is 19.5. The zero-order valence-electron chi connectivity index (χ0n) is 16.2. The summed E-state index contributed by atoms with van der Waals surface area (Å²) < 4.78 is 5.25. The van der Waals surface area contributed by atoms with Gasteiger partial charge in [-0.15, -0.1) is 0 Å². The topological polar surface area (TPSA) is 58.6 Å². The largest absolute Gasteiger partial charge is 0.463 e. The first-order valence-electron chi connectivity index (χ1n) is 10.1. The van der Waals surface area contributed by atoms with E-state index in [1.54, 1.807) is 6.92 Å². The molecule has 2 aromatic rings. The van der Waals surface area contributed by atoms with Crippen molar-refractivity contribution in [2.24, 2.45) is 0 Å². The number of ether oxygens (including phenoxy) is 1. The number of carbonyl (C=O) groups excluding carboxylic acids is 2. The Kier molecular flexibility index (Phi) is 5.33. The van der Waals surface area contributed by atoms with Gasteiger partial charge in [-0.3, -0.25) is 4.79 Å². The average molecular weight is 378 g/mol. The summed E-state index contributed by atoms with van der Waals surface area (Å²) >= 11 is 0. The molecule has 0 aromatic heterocycles. The van der Waals surface area contributed by atoms with Gasteiger partial charge in [-0.05, 0) is 31.2 Å². The van der Waals surface area contributed by atoms with Crippen molar-refractivity contribution < 1.29 is 14.3 Å². The van der Waals surface area contributed by atoms with E-state index in [1.165, 1.54) is 6.42 Å². The number of anilines is 1. The molecule has 1 fully saturated rings. The van der Waals surface area contributed by atoms with Gasteiger partial charge in [0.1, 0.15) is 5.70 Å². The van der Waals surface area contributed by atoms with E-state index in [-0.39, 0.29) is 11.9 Å². The standard InChI is InChI=1S/C23H26N2O3/c1-2-28-23(27)19-15-25(17-11-4-3-5-12-17)22(26)21(19)24-20-14-8-10-16-9-6-7-13-18(16)20/h6-10,13-14,17,24H,2-5,11-12,15H2,1H3. The van der Waals surface area contributed by atoms with Crippen molar-refractivity contribution in [3.63, 3.8) is 0 Å². The Labute approximate surface area is 165 Å². The fourth-order valence-electron chi connectivity index (χ4n) is 4.26. The average Bonchev–Trinajstić information content (AvgIpc) is 3.05. The number of benzene rings is 2. The molecule has 2 aromatic carbocycles. The van der Waals surface area contributed by atoms with Gasteiger partial charge in [-0.1, -0.05) is 55.7 Å². The summed E-state index contributed by atoms with van der Waals surface area (Å²) in [4.78, 5) is 27.7. The van der Waals surface area contributed by atoms with Gasteiger partial charge in [-0.25, -0.2) is 4.79 Å². The van der Waals surface area contributed by atoms with Gasteiger partial charge in [-0.2, -0.15) is 0 Å². The predicted molar refractivity (Wildman–Crippen MR) is 110 cm³/mol. The second-order valence-electron chi connectivity index (χ2n) is 7.45. The maximum atomic E-state index is 13.3. The molecular formula is C23H26N2O3. The summed E-state index contributed by atoms with van der Waals surface area (Å²) in [5, 5.41) is 5.38. The lowest BCUT2D eigenvalue weighted by Crippen LogP contribution is -2.39. The number of hydrogen-bond acceptors (Lipinski definition) is 4. The summed E-state index contributed by atoms with van der Waals surface area (Å²) in [6.45, 7) is 2.41. The molecule has 4 rings (SSSR count). The molecule has 0 radical (unpaired) electrons. The van der Waals surface area contributed by atoms with Crippen LogP contribution in [0, 0.1) is 0 Å². The molecule has 1 aliphatic carbocycles. The van der Waals surface area contributed by atoms with Gasteiger partial charge in [0.25, 0.3) is 5.91 Å². The van der Waals surface area contributed by atoms with Gasteiger partial charge in [0.05, 0.1) is 18.7 Å². The van der Waals surface area contributed by atoms with Crippen LogP contribution in [0.3, 0.4) is 0 Å². The molecule has 2 aliphatic rings. The molecule has 0 saturated heterocycles. The Bertz CT molecular complexity index is 923. The summed E-state index contributed by atoms with van der Waals surface area (Å²) in [6, 6.07) is 14.1. The minimum absolute atomic E-state index is 0.0945. The zero-order valence-corrected chi connectivity index (χ0v) is 16.2. The molecule has 146 valence electrons. The number of hydrogen-bond donors (Lipinski definition) is 1. The van der Waals surface area contributed by atoms with E-state index in [4.69, 9.17) is 4.74 Å². The normalized spacial score (nSPS) is 18.0. The molecule has 0 unspecified atom stereocenters. The Morgan fingerprint density at radius 2 is 1.86 bits per heavy atom. The lowest BCUT2D eigenvalue weighted by molar-refractivity contribution is -0.138. The number of nitrogens with zero attached hydrogens (tertiary/aromatic N) is 1. The third-order valence-corrected chi connectivity index (χ3v) is 5.69. The monoisotopic (exact) mass is 378 g/mol. The summed E-state index contributed by atoms with van der Waals surface area (Å²) in [5.41, 5.74) is 1.62. The van der Waals surface area contributed by atoms with Crippen molar-refractivity contribution in [3.8, 4) is 0 Å². The van der Waals surface area contributed by atoms with E-state index in [0.717, 1.165) is 42.1 Å². The summed E-state index contributed by atoms with van der Waals surface area (Å²) in [5.74, 6) is -0.500. The van der Waals surface area contributed by atoms with E-state index < -0.39 is 5.97 Å². The number of amides is 1. The molecule has 5 nitrogen and oxygen atoms in total. The SMILES string of the molecule is CCOC(=O)C1=C(Nc2cccc3ccccc23)C(=O)N(C2CCCCC2)C1. The smallest absolute Gasteiger partial charge is 0.338 e. The second kappa shape index (κ2) is 8.05. The van der Waals surface area contributed by atoms with Crippen molar-refractivity contribution in [1.29, 1.82) is 0 Å². The molecule has 1 heterocycles. The highest BCUT2D eigenvalue weighted by atomic mass is 16.5. The highest BCUT2D eigenvalue weighted by Crippen LogP contribution is 2.32. The molecule has 0 bridgehead atoms. The van der Waals surface area contributed by atoms with Crippen molar-refractivity contribution in [3.05, 3.63) is 53.7 Å². The van der Waals surface area contributed by atoms with Gasteiger partial charge in [0.15, 0.2) is 0 Å². The lowest BCUT2D eigenvalue weighted by atomic mass is 9.94. The van der Waals surface area contributed by atoms with Crippen LogP contribution in [-0.4, -0.2) is 36.0 Å². The van der Waals surface area contributed by atoms with Crippen LogP contribution in [0.5, 0.6) is 0 Å². The highest BCUT2D eigenvalue weighted by Gasteiger charge is 2.38. The van der Waals surface area contributed by atoms with Crippen LogP contribution in [0.25, 0.3) is 10.8 Å². The van der Waals surface area contributed by atoms with Crippen LogP contribution in [0.1, 0.15) is 39.0 Å². The molecular weight excluding hydrogens is 352 g/mol. The lowest BCUT2D eigenvalue weighted by Gasteiger charge is -2.31. The Balaban J connectivity index is 1.68. The number of rotatable bonds is 5. The molecule has 1 N–H and O–H groups in total. The number of nitrogens with one attached hydrogen (secondary N) is 1. The van der Waals surface area contributed by atoms with Crippen LogP contribution in [0.2, 0.25) is 0 Å². The van der Waals surface area contributed by atoms with Crippen LogP contribution in [-0.2, 0) is 14.3 Å². The number of fused-ring (bicyclic) bond motifs is 1. The van der Waals surface area contributed by atoms with Crippen molar-refractivity contribution in [2.45, 2.75) is 45.1 Å². The molecule has 1 amide bonds. The molecule has 0 spiro atoms. The van der Waals surface area contributed by atoms with E-state index >= 15 is 0 Å². The van der Waals surface area contributed by atoms with Crippen molar-refractivity contribution >= 4 is 28.3 Å². The molecule has 0 atom stereocenters. The fraction of sp³-hybridized carbons (Fsp3) is 0.391. The maximum Gasteiger partial charge on any atom is 0.338 e. The van der Waals surface area contributed by atoms with Gasteiger partial charge in [0.2, 0.25) is 0 Å². The Morgan fingerprint density at radius 1 is 1.11 bits per heavy atom. The van der Waals surface area contributed by atoms with E-state index in [1.807, 2.05) is 47.4 Å². The predicted octanol–water partition coefficient (Wildman–Crippen LogP) is 4.24. The molecule has 5 heteroatoms. The summed E-state index contributed by atoms with van der Waals surface area (Å²) in [7, 11) is 0. The Hall–Kier alpha value is -2.82. The minimum atomic E-state index is -0.406. The molecule has 1 saturated carbocycles. The quantitative estimate of drug-likeness (QED) is 0.791. The van der Waals surface area contributed by atoms with Crippen molar-refractivity contribution in [1.82, 2.24) is 4.90 Å². The first kappa shape index (κ1) is 18.5. The third-order valence-electron chi connectivity index (χ3n) is 5.69. The summed E-state index contributed by atoms with van der Waals surface area (Å²) in [6.07, 6.45) is 5.50. The van der Waals surface area contributed by atoms with Crippen molar-refractivity contribution in [2.75, 3.05) is 18.5 Å². The minimum Gasteiger partial charge on any atom is -0.463 e. The van der Waals surface area contributed by atoms with Gasteiger partial charge < -0.3 is 15.0 Å². The van der Waals surface area contributed by atoms with Crippen LogP contribution < -0.4 is 5.32 Å². The number of esters is 1. The van der Waals surface area contributed by atoms with E-state index in [9.17, 15) is 9.59 Å². The third kappa shape index (κ3) is 3.49. The first-order valence-corrected chi connectivity index (χ1v) is 10.1. The van der Waals surface area contributed by atoms with E-state index in [2.05, 4.69) is 5.32 Å². The highest BCUT2D eigenvalue weighted by molar-refractivity contribution is 6.10. The van der Waals surface area contributed by atoms with Crippen LogP contribution in [0.4, 0.5) is 5.69 Å². The van der Waals surface area contributed by atoms with Crippen LogP contribution >= 0.6 is 0 Å². The van der Waals surface area contributed by atoms with Gasteiger partial charge in [0, 0.05) is 17.1 Å². The number of carbonyl (C=O) groups is 2. The van der Waals surface area contributed by atoms with E-state index in [0.29, 0.717) is 24.4 Å². The van der Waals surface area contributed by atoms with Gasteiger partial charge >= 0.3 is 5.97 Å². The van der Waals surface area contributed by atoms with Crippen LogP contribution in [0.15, 0.2) is 53.7 Å². The molecule has 1 aliphatic heterocycles. The first-order chi connectivity index (χ1) is 13.7. The maximum absolute atomic E-state index is 13.3. The molecule has 28 heavy (non-hydrogen) atoms. The second-order valence-corrected chi connectivity index (χ2v) is 7.45. The Morgan fingerprint density at radius 3 is 2.64 bits per heavy atom. The fourth-order valence-corrected chi connectivity index (χ4v) is 4.26.